The zero-order valence-corrected chi connectivity index (χ0v) is 13.5. The Kier molecular flexibility index (Phi) is 4.28. The molecule has 0 unspecified atom stereocenters. The number of hydrogen-bond donors (Lipinski definition) is 1. The number of aryl methyl sites for hydroxylation is 2. The second-order valence-corrected chi connectivity index (χ2v) is 5.37. The maximum atomic E-state index is 11.3. The molecule has 0 spiro atoms. The van der Waals surface area contributed by atoms with E-state index < -0.39 is 0 Å². The fourth-order valence-corrected chi connectivity index (χ4v) is 2.58. The molecule has 0 saturated heterocycles. The minimum atomic E-state index is -0.379. The summed E-state index contributed by atoms with van der Waals surface area (Å²) in [6, 6.07) is 7.91. The molecule has 0 aliphatic carbocycles. The van der Waals surface area contributed by atoms with Crippen molar-refractivity contribution in [2.75, 3.05) is 5.32 Å². The van der Waals surface area contributed by atoms with Crippen molar-refractivity contribution in [3.63, 3.8) is 0 Å². The number of anilines is 1. The standard InChI is InChI=1S/C16H18N6O2/c1-3-14-15(22(23)24)16(20(2)19-14)18-10-12-4-6-13(7-5-12)21-9-8-17-11-21/h4-9,11,18H,3,10H2,1-2H3. The molecule has 8 heteroatoms. The summed E-state index contributed by atoms with van der Waals surface area (Å²) in [5.74, 6) is 0.426. The number of hydrogen-bond acceptors (Lipinski definition) is 5. The number of imidazole rings is 1. The molecule has 1 aromatic carbocycles. The highest BCUT2D eigenvalue weighted by atomic mass is 16.6. The van der Waals surface area contributed by atoms with Crippen LogP contribution in [0.25, 0.3) is 5.69 Å². The summed E-state index contributed by atoms with van der Waals surface area (Å²) < 4.78 is 3.44. The van der Waals surface area contributed by atoms with Gasteiger partial charge in [-0.15, -0.1) is 0 Å². The molecule has 3 aromatic rings. The molecule has 0 aliphatic rings. The van der Waals surface area contributed by atoms with Crippen LogP contribution in [0.5, 0.6) is 0 Å². The number of benzene rings is 1. The second kappa shape index (κ2) is 6.53. The molecule has 124 valence electrons. The third-order valence-corrected chi connectivity index (χ3v) is 3.81. The zero-order valence-electron chi connectivity index (χ0n) is 13.5. The molecule has 2 heterocycles. The van der Waals surface area contributed by atoms with E-state index in [9.17, 15) is 10.1 Å². The van der Waals surface area contributed by atoms with Crippen molar-refractivity contribution in [3.8, 4) is 5.69 Å². The van der Waals surface area contributed by atoms with Crippen molar-refractivity contribution >= 4 is 11.5 Å². The van der Waals surface area contributed by atoms with Crippen molar-refractivity contribution in [3.05, 3.63) is 64.4 Å². The molecule has 0 bridgehead atoms. The van der Waals surface area contributed by atoms with Gasteiger partial charge in [0, 0.05) is 31.7 Å². The van der Waals surface area contributed by atoms with Gasteiger partial charge in [0.25, 0.3) is 0 Å². The first kappa shape index (κ1) is 15.7. The first-order chi connectivity index (χ1) is 11.6. The highest BCUT2D eigenvalue weighted by Crippen LogP contribution is 2.28. The number of nitrogens with zero attached hydrogens (tertiary/aromatic N) is 5. The van der Waals surface area contributed by atoms with Crippen LogP contribution in [0.2, 0.25) is 0 Å². The Morgan fingerprint density at radius 3 is 2.62 bits per heavy atom. The molecule has 24 heavy (non-hydrogen) atoms. The average molecular weight is 326 g/mol. The highest BCUT2D eigenvalue weighted by molar-refractivity contribution is 5.60. The SMILES string of the molecule is CCc1nn(C)c(NCc2ccc(-n3ccnc3)cc2)c1[N+](=O)[O-]. The van der Waals surface area contributed by atoms with Crippen LogP contribution in [-0.2, 0) is 20.0 Å². The van der Waals surface area contributed by atoms with Gasteiger partial charge < -0.3 is 9.88 Å². The lowest BCUT2D eigenvalue weighted by Crippen LogP contribution is -2.06. The van der Waals surface area contributed by atoms with Crippen LogP contribution in [0.1, 0.15) is 18.2 Å². The highest BCUT2D eigenvalue weighted by Gasteiger charge is 2.25. The smallest absolute Gasteiger partial charge is 0.333 e. The summed E-state index contributed by atoms with van der Waals surface area (Å²) >= 11 is 0. The van der Waals surface area contributed by atoms with E-state index in [2.05, 4.69) is 15.4 Å². The van der Waals surface area contributed by atoms with Crippen LogP contribution >= 0.6 is 0 Å². The molecule has 0 atom stereocenters. The summed E-state index contributed by atoms with van der Waals surface area (Å²) in [5, 5.41) is 18.6. The quantitative estimate of drug-likeness (QED) is 0.555. The van der Waals surface area contributed by atoms with E-state index >= 15 is 0 Å². The van der Waals surface area contributed by atoms with E-state index in [1.165, 1.54) is 4.68 Å². The normalized spacial score (nSPS) is 10.8. The summed E-state index contributed by atoms with van der Waals surface area (Å²) in [4.78, 5) is 14.9. The van der Waals surface area contributed by atoms with Crippen molar-refractivity contribution < 1.29 is 4.92 Å². The van der Waals surface area contributed by atoms with Crippen molar-refractivity contribution in [1.29, 1.82) is 0 Å². The molecule has 3 rings (SSSR count). The van der Waals surface area contributed by atoms with Crippen LogP contribution in [0.4, 0.5) is 11.5 Å². The minimum absolute atomic E-state index is 0.0510. The van der Waals surface area contributed by atoms with Crippen molar-refractivity contribution in [2.24, 2.45) is 7.05 Å². The summed E-state index contributed by atoms with van der Waals surface area (Å²) in [7, 11) is 1.70. The third-order valence-electron chi connectivity index (χ3n) is 3.81. The molecular weight excluding hydrogens is 308 g/mol. The predicted molar refractivity (Wildman–Crippen MR) is 90.1 cm³/mol. The Balaban J connectivity index is 1.76. The van der Waals surface area contributed by atoms with E-state index in [4.69, 9.17) is 0 Å². The molecule has 2 aromatic heterocycles. The Morgan fingerprint density at radius 2 is 2.04 bits per heavy atom. The molecule has 0 saturated carbocycles. The van der Waals surface area contributed by atoms with Gasteiger partial charge in [-0.1, -0.05) is 19.1 Å². The van der Waals surface area contributed by atoms with Crippen LogP contribution < -0.4 is 5.32 Å². The van der Waals surface area contributed by atoms with Crippen molar-refractivity contribution in [1.82, 2.24) is 19.3 Å². The Bertz CT molecular complexity index is 836. The maximum absolute atomic E-state index is 11.3. The lowest BCUT2D eigenvalue weighted by atomic mass is 10.2. The van der Waals surface area contributed by atoms with Gasteiger partial charge in [0.05, 0.1) is 11.3 Å². The second-order valence-electron chi connectivity index (χ2n) is 5.37. The summed E-state index contributed by atoms with van der Waals surface area (Å²) in [5.41, 5.74) is 2.57. The molecule has 0 fully saturated rings. The molecule has 0 aliphatic heterocycles. The maximum Gasteiger partial charge on any atom is 0.333 e. The Morgan fingerprint density at radius 1 is 1.29 bits per heavy atom. The van der Waals surface area contributed by atoms with Gasteiger partial charge in [-0.2, -0.15) is 5.10 Å². The van der Waals surface area contributed by atoms with E-state index in [0.29, 0.717) is 24.5 Å². The zero-order chi connectivity index (χ0) is 17.1. The van der Waals surface area contributed by atoms with Gasteiger partial charge in [-0.25, -0.2) is 9.67 Å². The molecule has 1 N–H and O–H groups in total. The number of nitro groups is 1. The van der Waals surface area contributed by atoms with Crippen LogP contribution in [0, 0.1) is 10.1 Å². The predicted octanol–water partition coefficient (Wildman–Crippen LogP) is 2.69. The van der Waals surface area contributed by atoms with E-state index in [0.717, 1.165) is 11.3 Å². The summed E-state index contributed by atoms with van der Waals surface area (Å²) in [6.45, 7) is 2.33. The number of rotatable bonds is 6. The van der Waals surface area contributed by atoms with Gasteiger partial charge in [0.15, 0.2) is 0 Å². The Labute approximate surface area is 138 Å². The summed E-state index contributed by atoms with van der Waals surface area (Å²) in [6.07, 6.45) is 5.85. The van der Waals surface area contributed by atoms with Crippen LogP contribution in [0.15, 0.2) is 43.0 Å². The van der Waals surface area contributed by atoms with E-state index in [1.807, 2.05) is 42.0 Å². The van der Waals surface area contributed by atoms with Gasteiger partial charge >= 0.3 is 5.69 Å². The third kappa shape index (κ3) is 2.98. The minimum Gasteiger partial charge on any atom is -0.360 e. The van der Waals surface area contributed by atoms with Crippen molar-refractivity contribution in [2.45, 2.75) is 19.9 Å². The van der Waals surface area contributed by atoms with Gasteiger partial charge in [-0.3, -0.25) is 10.1 Å². The fraction of sp³-hybridized carbons (Fsp3) is 0.250. The Hall–Kier alpha value is -3.16. The molecule has 0 amide bonds. The first-order valence-corrected chi connectivity index (χ1v) is 7.61. The fourth-order valence-electron chi connectivity index (χ4n) is 2.58. The first-order valence-electron chi connectivity index (χ1n) is 7.61. The number of nitrogens with one attached hydrogen (secondary N) is 1. The van der Waals surface area contributed by atoms with Crippen LogP contribution in [-0.4, -0.2) is 24.3 Å². The molecular formula is C16H18N6O2. The number of aromatic nitrogens is 4. The largest absolute Gasteiger partial charge is 0.360 e. The topological polar surface area (TPSA) is 90.8 Å². The van der Waals surface area contributed by atoms with Crippen LogP contribution in [0.3, 0.4) is 0 Å². The van der Waals surface area contributed by atoms with E-state index in [1.54, 1.807) is 19.6 Å². The lowest BCUT2D eigenvalue weighted by molar-refractivity contribution is -0.384. The molecule has 8 nitrogen and oxygen atoms in total. The monoisotopic (exact) mass is 326 g/mol. The van der Waals surface area contributed by atoms with Gasteiger partial charge in [-0.05, 0) is 24.1 Å². The van der Waals surface area contributed by atoms with Gasteiger partial charge in [0.2, 0.25) is 5.82 Å². The lowest BCUT2D eigenvalue weighted by Gasteiger charge is -2.08. The van der Waals surface area contributed by atoms with E-state index in [-0.39, 0.29) is 10.6 Å². The van der Waals surface area contributed by atoms with Gasteiger partial charge in [0.1, 0.15) is 5.69 Å². The molecule has 0 radical (unpaired) electrons. The average Bonchev–Trinajstić information content (AvgIpc) is 3.21.